The highest BCUT2D eigenvalue weighted by atomic mass is 15.3. The van der Waals surface area contributed by atoms with Crippen LogP contribution < -0.4 is 5.73 Å². The van der Waals surface area contributed by atoms with Gasteiger partial charge in [0.05, 0.1) is 0 Å². The summed E-state index contributed by atoms with van der Waals surface area (Å²) in [5.41, 5.74) is 7.46. The molecule has 2 rings (SSSR count). The molecule has 4 atom stereocenters. The highest BCUT2D eigenvalue weighted by molar-refractivity contribution is 5.27. The van der Waals surface area contributed by atoms with Crippen molar-refractivity contribution in [3.05, 3.63) is 35.9 Å². The summed E-state index contributed by atoms with van der Waals surface area (Å²) in [5.74, 6) is 0.594. The van der Waals surface area contributed by atoms with E-state index in [1.807, 2.05) is 0 Å². The lowest BCUT2D eigenvalue weighted by molar-refractivity contribution is 0.00994. The van der Waals surface area contributed by atoms with Crippen molar-refractivity contribution in [3.63, 3.8) is 0 Å². The lowest BCUT2D eigenvalue weighted by Gasteiger charge is -2.54. The third-order valence-electron chi connectivity index (χ3n) is 3.72. The third kappa shape index (κ3) is 1.68. The fourth-order valence-corrected chi connectivity index (χ4v) is 2.81. The van der Waals surface area contributed by atoms with Gasteiger partial charge in [0.1, 0.15) is 0 Å². The second-order valence-corrected chi connectivity index (χ2v) is 4.69. The Kier molecular flexibility index (Phi) is 2.81. The van der Waals surface area contributed by atoms with Crippen LogP contribution in [0.4, 0.5) is 0 Å². The minimum atomic E-state index is 0.233. The number of likely N-dealkylation sites (tertiary alicyclic amines) is 1. The van der Waals surface area contributed by atoms with E-state index in [4.69, 9.17) is 5.73 Å². The first-order valence-electron chi connectivity index (χ1n) is 5.65. The first-order chi connectivity index (χ1) is 7.13. The maximum Gasteiger partial charge on any atom is 0.0328 e. The molecule has 2 heteroatoms. The van der Waals surface area contributed by atoms with E-state index >= 15 is 0 Å². The van der Waals surface area contributed by atoms with Crippen LogP contribution in [0.1, 0.15) is 25.3 Å². The number of likely N-dealkylation sites (N-methyl/N-ethyl adjacent to an activating group) is 1. The summed E-state index contributed by atoms with van der Waals surface area (Å²) in [7, 11) is 2.16. The largest absolute Gasteiger partial charge is 0.327 e. The molecule has 0 bridgehead atoms. The lowest BCUT2D eigenvalue weighted by Crippen LogP contribution is -2.64. The van der Waals surface area contributed by atoms with Crippen LogP contribution in [0.5, 0.6) is 0 Å². The highest BCUT2D eigenvalue weighted by Crippen LogP contribution is 2.40. The molecule has 2 nitrogen and oxygen atoms in total. The van der Waals surface area contributed by atoms with Crippen LogP contribution in [0.3, 0.4) is 0 Å². The monoisotopic (exact) mass is 204 g/mol. The minimum Gasteiger partial charge on any atom is -0.327 e. The van der Waals surface area contributed by atoms with E-state index in [0.717, 1.165) is 0 Å². The first-order valence-corrected chi connectivity index (χ1v) is 5.65. The number of benzene rings is 1. The van der Waals surface area contributed by atoms with Crippen LogP contribution in [0.25, 0.3) is 0 Å². The zero-order chi connectivity index (χ0) is 11.0. The van der Waals surface area contributed by atoms with Crippen LogP contribution >= 0.6 is 0 Å². The molecular formula is C13H20N2. The molecule has 1 aromatic carbocycles. The molecule has 0 unspecified atom stereocenters. The van der Waals surface area contributed by atoms with Gasteiger partial charge in [-0.25, -0.2) is 0 Å². The zero-order valence-corrected chi connectivity index (χ0v) is 9.72. The molecule has 0 aromatic heterocycles. The molecule has 0 aliphatic carbocycles. The van der Waals surface area contributed by atoms with Gasteiger partial charge in [-0.05, 0) is 26.5 Å². The molecule has 15 heavy (non-hydrogen) atoms. The summed E-state index contributed by atoms with van der Waals surface area (Å²) in [6.45, 7) is 4.37. The highest BCUT2D eigenvalue weighted by Gasteiger charge is 2.45. The summed E-state index contributed by atoms with van der Waals surface area (Å²) in [4.78, 5) is 2.38. The summed E-state index contributed by atoms with van der Waals surface area (Å²) in [6, 6.07) is 12.0. The predicted molar refractivity (Wildman–Crippen MR) is 63.8 cm³/mol. The Hall–Kier alpha value is -0.860. The summed E-state index contributed by atoms with van der Waals surface area (Å²) in [5, 5.41) is 0. The summed E-state index contributed by atoms with van der Waals surface area (Å²) >= 11 is 0. The minimum absolute atomic E-state index is 0.233. The van der Waals surface area contributed by atoms with E-state index in [1.165, 1.54) is 5.56 Å². The van der Waals surface area contributed by atoms with Gasteiger partial charge < -0.3 is 5.73 Å². The average Bonchev–Trinajstić information content (AvgIpc) is 2.25. The third-order valence-corrected chi connectivity index (χ3v) is 3.72. The van der Waals surface area contributed by atoms with Gasteiger partial charge in [-0.15, -0.1) is 0 Å². The number of rotatable bonds is 2. The number of hydrogen-bond acceptors (Lipinski definition) is 2. The zero-order valence-electron chi connectivity index (χ0n) is 9.72. The van der Waals surface area contributed by atoms with E-state index in [2.05, 4.69) is 56.1 Å². The van der Waals surface area contributed by atoms with Gasteiger partial charge in [0.25, 0.3) is 0 Å². The number of hydrogen-bond donors (Lipinski definition) is 1. The van der Waals surface area contributed by atoms with Crippen molar-refractivity contribution in [3.8, 4) is 0 Å². The predicted octanol–water partition coefficient (Wildman–Crippen LogP) is 1.82. The second kappa shape index (κ2) is 3.95. The SMILES string of the molecule is C[C@H](N)[C@H]1[C@H](c2ccccc2)[C@H](C)N1C. The molecule has 1 aliphatic heterocycles. The van der Waals surface area contributed by atoms with Gasteiger partial charge in [0.2, 0.25) is 0 Å². The second-order valence-electron chi connectivity index (χ2n) is 4.69. The van der Waals surface area contributed by atoms with Crippen molar-refractivity contribution in [1.82, 2.24) is 4.90 Å². The van der Waals surface area contributed by atoms with Gasteiger partial charge in [0, 0.05) is 24.0 Å². The quantitative estimate of drug-likeness (QED) is 0.796. The molecule has 1 aliphatic rings. The normalized spacial score (nSPS) is 33.5. The van der Waals surface area contributed by atoms with Gasteiger partial charge in [-0.3, -0.25) is 4.90 Å². The molecule has 1 fully saturated rings. The first kappa shape index (κ1) is 10.7. The Morgan fingerprint density at radius 2 is 1.87 bits per heavy atom. The van der Waals surface area contributed by atoms with Crippen molar-refractivity contribution < 1.29 is 0 Å². The molecular weight excluding hydrogens is 184 g/mol. The van der Waals surface area contributed by atoms with E-state index < -0.39 is 0 Å². The molecule has 0 spiro atoms. The van der Waals surface area contributed by atoms with Crippen molar-refractivity contribution in [2.75, 3.05) is 7.05 Å². The molecule has 0 radical (unpaired) electrons. The maximum atomic E-state index is 6.04. The Labute approximate surface area is 92.1 Å². The topological polar surface area (TPSA) is 29.3 Å². The van der Waals surface area contributed by atoms with Crippen LogP contribution in [0.15, 0.2) is 30.3 Å². The van der Waals surface area contributed by atoms with Crippen molar-refractivity contribution in [2.24, 2.45) is 5.73 Å². The summed E-state index contributed by atoms with van der Waals surface area (Å²) < 4.78 is 0. The number of nitrogens with zero attached hydrogens (tertiary/aromatic N) is 1. The van der Waals surface area contributed by atoms with Crippen LogP contribution in [-0.4, -0.2) is 30.1 Å². The Bertz CT molecular complexity index is 321. The van der Waals surface area contributed by atoms with E-state index in [9.17, 15) is 0 Å². The summed E-state index contributed by atoms with van der Waals surface area (Å²) in [6.07, 6.45) is 0. The van der Waals surface area contributed by atoms with Gasteiger partial charge in [-0.1, -0.05) is 30.3 Å². The van der Waals surface area contributed by atoms with E-state index in [0.29, 0.717) is 18.0 Å². The Morgan fingerprint density at radius 1 is 1.27 bits per heavy atom. The lowest BCUT2D eigenvalue weighted by atomic mass is 9.74. The molecule has 2 N–H and O–H groups in total. The van der Waals surface area contributed by atoms with Crippen LogP contribution in [0, 0.1) is 0 Å². The average molecular weight is 204 g/mol. The van der Waals surface area contributed by atoms with Crippen molar-refractivity contribution in [2.45, 2.75) is 37.9 Å². The Morgan fingerprint density at radius 3 is 2.40 bits per heavy atom. The van der Waals surface area contributed by atoms with Crippen molar-refractivity contribution in [1.29, 1.82) is 0 Å². The molecule has 0 saturated carbocycles. The van der Waals surface area contributed by atoms with E-state index in [1.54, 1.807) is 0 Å². The standard InChI is InChI=1S/C13H20N2/c1-9(14)13-12(10(2)15(13)3)11-7-5-4-6-8-11/h4-10,12-13H,14H2,1-3H3/t9-,10-,12-,13-/m0/s1. The van der Waals surface area contributed by atoms with Crippen molar-refractivity contribution >= 4 is 0 Å². The fourth-order valence-electron chi connectivity index (χ4n) is 2.81. The van der Waals surface area contributed by atoms with Gasteiger partial charge >= 0.3 is 0 Å². The number of nitrogens with two attached hydrogens (primary N) is 1. The van der Waals surface area contributed by atoms with Crippen LogP contribution in [0.2, 0.25) is 0 Å². The molecule has 1 saturated heterocycles. The van der Waals surface area contributed by atoms with E-state index in [-0.39, 0.29) is 6.04 Å². The van der Waals surface area contributed by atoms with Gasteiger partial charge in [-0.2, -0.15) is 0 Å². The van der Waals surface area contributed by atoms with Gasteiger partial charge in [0.15, 0.2) is 0 Å². The smallest absolute Gasteiger partial charge is 0.0328 e. The van der Waals surface area contributed by atoms with Crippen LogP contribution in [-0.2, 0) is 0 Å². The maximum absolute atomic E-state index is 6.04. The molecule has 1 aromatic rings. The molecule has 82 valence electrons. The Balaban J connectivity index is 2.22. The molecule has 1 heterocycles. The molecule has 0 amide bonds. The fraction of sp³-hybridized carbons (Fsp3) is 0.538.